The molecule has 9 heteroatoms. The van der Waals surface area contributed by atoms with E-state index in [1.165, 1.54) is 36.8 Å². The summed E-state index contributed by atoms with van der Waals surface area (Å²) in [6.07, 6.45) is -3.82. The van der Waals surface area contributed by atoms with E-state index in [4.69, 9.17) is 0 Å². The molecule has 5 nitrogen and oxygen atoms in total. The van der Waals surface area contributed by atoms with Crippen molar-refractivity contribution in [1.29, 1.82) is 0 Å². The van der Waals surface area contributed by atoms with Gasteiger partial charge in [0.25, 0.3) is 5.91 Å². The van der Waals surface area contributed by atoms with Crippen LogP contribution in [-0.2, 0) is 6.42 Å². The normalized spacial score (nSPS) is 12.7. The minimum absolute atomic E-state index is 0.270. The first kappa shape index (κ1) is 18.6. The number of carbonyl (C=O) groups excluding carboxylic acids is 1. The van der Waals surface area contributed by atoms with E-state index in [-0.39, 0.29) is 5.56 Å². The van der Waals surface area contributed by atoms with Crippen LogP contribution in [0.5, 0.6) is 5.75 Å². The van der Waals surface area contributed by atoms with E-state index < -0.39 is 30.2 Å². The van der Waals surface area contributed by atoms with E-state index >= 15 is 0 Å². The van der Waals surface area contributed by atoms with Crippen LogP contribution in [0.25, 0.3) is 0 Å². The van der Waals surface area contributed by atoms with Crippen LogP contribution in [0.3, 0.4) is 0 Å². The van der Waals surface area contributed by atoms with Crippen LogP contribution in [0.15, 0.2) is 42.9 Å². The van der Waals surface area contributed by atoms with Gasteiger partial charge >= 0.3 is 12.5 Å². The summed E-state index contributed by atoms with van der Waals surface area (Å²) in [5.41, 5.74) is 0.359. The van der Waals surface area contributed by atoms with Gasteiger partial charge in [-0.2, -0.15) is 17.6 Å². The molecule has 0 aliphatic carbocycles. The highest BCUT2D eigenvalue weighted by Crippen LogP contribution is 2.29. The van der Waals surface area contributed by atoms with E-state index in [1.54, 1.807) is 6.92 Å². The summed E-state index contributed by atoms with van der Waals surface area (Å²) in [6.45, 7) is 1.68. The summed E-state index contributed by atoms with van der Waals surface area (Å²) in [7, 11) is 0. The number of para-hydroxylation sites is 1. The maximum Gasteiger partial charge on any atom is 0.461 e. The number of hydrogen-bond acceptors (Lipinski definition) is 4. The second kappa shape index (κ2) is 7.91. The first-order chi connectivity index (χ1) is 11.8. The Morgan fingerprint density at radius 3 is 2.64 bits per heavy atom. The zero-order valence-electron chi connectivity index (χ0n) is 13.1. The van der Waals surface area contributed by atoms with Crippen LogP contribution in [0.2, 0.25) is 0 Å². The molecule has 1 aromatic heterocycles. The first-order valence-electron chi connectivity index (χ1n) is 7.29. The van der Waals surface area contributed by atoms with E-state index in [2.05, 4.69) is 20.0 Å². The zero-order valence-corrected chi connectivity index (χ0v) is 13.1. The lowest BCUT2D eigenvalue weighted by Crippen LogP contribution is -2.36. The molecule has 0 unspecified atom stereocenters. The monoisotopic (exact) mass is 357 g/mol. The van der Waals surface area contributed by atoms with Crippen molar-refractivity contribution < 1.29 is 27.1 Å². The third-order valence-corrected chi connectivity index (χ3v) is 3.14. The van der Waals surface area contributed by atoms with Crippen molar-refractivity contribution in [2.45, 2.75) is 31.9 Å². The molecule has 0 aliphatic heterocycles. The molecular formula is C16H15F4N3O2. The largest absolute Gasteiger partial charge is 0.461 e. The van der Waals surface area contributed by atoms with Crippen molar-refractivity contribution in [1.82, 2.24) is 15.3 Å². The molecule has 0 spiro atoms. The van der Waals surface area contributed by atoms with Gasteiger partial charge in [-0.15, -0.1) is 0 Å². The molecule has 1 N–H and O–H groups in total. The van der Waals surface area contributed by atoms with Crippen LogP contribution < -0.4 is 10.1 Å². The van der Waals surface area contributed by atoms with Crippen molar-refractivity contribution >= 4 is 5.91 Å². The van der Waals surface area contributed by atoms with Gasteiger partial charge in [0.15, 0.2) is 0 Å². The third-order valence-electron chi connectivity index (χ3n) is 3.14. The number of hydrogen-bond donors (Lipinski definition) is 1. The van der Waals surface area contributed by atoms with Gasteiger partial charge in [-0.25, -0.2) is 0 Å². The molecule has 2 aromatic rings. The highest BCUT2D eigenvalue weighted by molar-refractivity contribution is 5.97. The van der Waals surface area contributed by atoms with Crippen LogP contribution in [-0.4, -0.2) is 34.5 Å². The summed E-state index contributed by atoms with van der Waals surface area (Å²) >= 11 is 0. The molecule has 0 fully saturated rings. The number of carbonyl (C=O) groups is 1. The molecule has 1 amide bonds. The Bertz CT molecular complexity index is 714. The fraction of sp³-hybridized carbons (Fsp3) is 0.312. The Labute approximate surface area is 141 Å². The molecule has 25 heavy (non-hydrogen) atoms. The molecule has 134 valence electrons. The van der Waals surface area contributed by atoms with Gasteiger partial charge in [0.2, 0.25) is 0 Å². The van der Waals surface area contributed by atoms with Gasteiger partial charge in [-0.05, 0) is 19.1 Å². The van der Waals surface area contributed by atoms with E-state index in [0.717, 1.165) is 6.07 Å². The number of halogens is 4. The number of rotatable bonds is 7. The summed E-state index contributed by atoms with van der Waals surface area (Å²) in [6, 6.07) is 4.55. The van der Waals surface area contributed by atoms with Crippen LogP contribution in [0, 0.1) is 0 Å². The van der Waals surface area contributed by atoms with E-state index in [9.17, 15) is 22.4 Å². The van der Waals surface area contributed by atoms with Crippen molar-refractivity contribution in [2.75, 3.05) is 0 Å². The van der Waals surface area contributed by atoms with Gasteiger partial charge < -0.3 is 10.1 Å². The topological polar surface area (TPSA) is 64.1 Å². The first-order valence-corrected chi connectivity index (χ1v) is 7.29. The molecule has 0 radical (unpaired) electrons. The Hall–Kier alpha value is -2.71. The molecule has 0 aliphatic rings. The average Bonchev–Trinajstić information content (AvgIpc) is 2.55. The van der Waals surface area contributed by atoms with Crippen LogP contribution >= 0.6 is 0 Å². The van der Waals surface area contributed by atoms with Gasteiger partial charge in [-0.3, -0.25) is 14.8 Å². The number of amides is 1. The second-order valence-corrected chi connectivity index (χ2v) is 5.24. The summed E-state index contributed by atoms with van der Waals surface area (Å²) in [5.74, 6) is -1.35. The van der Waals surface area contributed by atoms with Gasteiger partial charge in [0, 0.05) is 31.1 Å². The average molecular weight is 357 g/mol. The van der Waals surface area contributed by atoms with Gasteiger partial charge in [0.1, 0.15) is 5.75 Å². The maximum atomic E-state index is 13.1. The number of ether oxygens (including phenoxy) is 1. The van der Waals surface area contributed by atoms with Crippen LogP contribution in [0.1, 0.15) is 23.0 Å². The standard InChI is InChI=1S/C16H15F4N3O2/c1-10(8-11-9-21-6-7-22-11)23-14(24)12-4-2-3-5-13(12)25-16(19,20)15(17)18/h2-7,9-10,15H,8H2,1H3,(H,23,24)/t10-/m1/s1. The van der Waals surface area contributed by atoms with Gasteiger partial charge in [-0.1, -0.05) is 12.1 Å². The molecule has 0 saturated carbocycles. The lowest BCUT2D eigenvalue weighted by Gasteiger charge is -2.19. The molecule has 2 rings (SSSR count). The fourth-order valence-electron chi connectivity index (χ4n) is 2.04. The smallest absolute Gasteiger partial charge is 0.427 e. The minimum atomic E-state index is -4.69. The molecule has 0 bridgehead atoms. The Kier molecular flexibility index (Phi) is 5.89. The van der Waals surface area contributed by atoms with E-state index in [0.29, 0.717) is 12.1 Å². The van der Waals surface area contributed by atoms with Crippen molar-refractivity contribution in [2.24, 2.45) is 0 Å². The molecule has 1 heterocycles. The number of benzene rings is 1. The quantitative estimate of drug-likeness (QED) is 0.774. The highest BCUT2D eigenvalue weighted by atomic mass is 19.3. The van der Waals surface area contributed by atoms with Crippen LogP contribution in [0.4, 0.5) is 17.6 Å². The summed E-state index contributed by atoms with van der Waals surface area (Å²) < 4.78 is 54.9. The van der Waals surface area contributed by atoms with Crippen molar-refractivity contribution in [3.63, 3.8) is 0 Å². The fourth-order valence-corrected chi connectivity index (χ4v) is 2.04. The van der Waals surface area contributed by atoms with E-state index in [1.807, 2.05) is 0 Å². The zero-order chi connectivity index (χ0) is 18.4. The Balaban J connectivity index is 2.09. The van der Waals surface area contributed by atoms with Crippen molar-refractivity contribution in [3.05, 3.63) is 54.1 Å². The van der Waals surface area contributed by atoms with Crippen molar-refractivity contribution in [3.8, 4) is 5.75 Å². The predicted molar refractivity (Wildman–Crippen MR) is 80.7 cm³/mol. The highest BCUT2D eigenvalue weighted by Gasteiger charge is 2.44. The van der Waals surface area contributed by atoms with Gasteiger partial charge in [0.05, 0.1) is 11.3 Å². The number of alkyl halides is 4. The maximum absolute atomic E-state index is 13.1. The lowest BCUT2D eigenvalue weighted by atomic mass is 10.1. The second-order valence-electron chi connectivity index (χ2n) is 5.24. The molecule has 1 atom stereocenters. The number of nitrogens with zero attached hydrogens (tertiary/aromatic N) is 2. The molecule has 0 saturated heterocycles. The Morgan fingerprint density at radius 1 is 1.28 bits per heavy atom. The lowest BCUT2D eigenvalue weighted by molar-refractivity contribution is -0.253. The molecule has 1 aromatic carbocycles. The minimum Gasteiger partial charge on any atom is -0.427 e. The predicted octanol–water partition coefficient (Wildman–Crippen LogP) is 3.07. The SMILES string of the molecule is C[C@H](Cc1cnccn1)NC(=O)c1ccccc1OC(F)(F)C(F)F. The number of aromatic nitrogens is 2. The third kappa shape index (κ3) is 5.13. The number of nitrogens with one attached hydrogen (secondary N) is 1. The summed E-state index contributed by atoms with van der Waals surface area (Å²) in [4.78, 5) is 20.2. The summed E-state index contributed by atoms with van der Waals surface area (Å²) in [5, 5.41) is 2.58. The molecular weight excluding hydrogens is 342 g/mol. The Morgan fingerprint density at radius 2 is 2.00 bits per heavy atom.